The van der Waals surface area contributed by atoms with Crippen molar-refractivity contribution in [2.45, 2.75) is 114 Å². The number of carbonyl (C=O) groups excluding carboxylic acids is 3. The van der Waals surface area contributed by atoms with Gasteiger partial charge in [-0.05, 0) is 67.5 Å². The van der Waals surface area contributed by atoms with Gasteiger partial charge in [0.05, 0.1) is 35.9 Å². The van der Waals surface area contributed by atoms with Gasteiger partial charge < -0.3 is 34.4 Å². The topological polar surface area (TPSA) is 160 Å². The average Bonchev–Trinajstić information content (AvgIpc) is 2.94. The van der Waals surface area contributed by atoms with Crippen molar-refractivity contribution in [3.05, 3.63) is 0 Å². The van der Waals surface area contributed by atoms with Crippen LogP contribution < -0.4 is 0 Å². The van der Waals surface area contributed by atoms with Gasteiger partial charge in [0.2, 0.25) is 0 Å². The van der Waals surface area contributed by atoms with E-state index in [1.807, 2.05) is 74.4 Å². The summed E-state index contributed by atoms with van der Waals surface area (Å²) < 4.78 is 14.8. The largest absolute Gasteiger partial charge is 0.481 e. The molecular formula is C31H63NO10. The second-order valence-corrected chi connectivity index (χ2v) is 11.4. The van der Waals surface area contributed by atoms with Crippen molar-refractivity contribution >= 4 is 23.9 Å². The van der Waals surface area contributed by atoms with Crippen LogP contribution in [-0.2, 0) is 33.4 Å². The Morgan fingerprint density at radius 2 is 1.24 bits per heavy atom. The van der Waals surface area contributed by atoms with Crippen LogP contribution >= 0.6 is 0 Å². The first kappa shape index (κ1) is 46.7. The van der Waals surface area contributed by atoms with E-state index < -0.39 is 12.1 Å². The zero-order valence-corrected chi connectivity index (χ0v) is 28.7. The Morgan fingerprint density at radius 1 is 0.786 bits per heavy atom. The Morgan fingerprint density at radius 3 is 1.55 bits per heavy atom. The normalized spacial score (nSPS) is 14.1. The number of rotatable bonds is 15. The molecule has 11 heteroatoms. The molecule has 0 saturated heterocycles. The molecule has 11 nitrogen and oxygen atoms in total. The van der Waals surface area contributed by atoms with E-state index in [4.69, 9.17) is 29.5 Å². The molecule has 3 N–H and O–H groups in total. The lowest BCUT2D eigenvalue weighted by atomic mass is 9.91. The highest BCUT2D eigenvalue weighted by atomic mass is 16.6. The maximum absolute atomic E-state index is 11.4. The van der Waals surface area contributed by atoms with Crippen LogP contribution in [0.15, 0.2) is 0 Å². The number of aliphatic hydroxyl groups excluding tert-OH is 2. The lowest BCUT2D eigenvalue weighted by Gasteiger charge is -2.20. The van der Waals surface area contributed by atoms with Crippen LogP contribution in [0.3, 0.4) is 0 Å². The number of nitrogens with zero attached hydrogens (tertiary/aromatic N) is 1. The Bertz CT molecular complexity index is 710. The summed E-state index contributed by atoms with van der Waals surface area (Å²) in [6, 6.07) is 0. The van der Waals surface area contributed by atoms with Gasteiger partial charge in [-0.2, -0.15) is 0 Å². The Balaban J connectivity index is -0.000000234. The van der Waals surface area contributed by atoms with Crippen LogP contribution in [0.5, 0.6) is 0 Å². The molecule has 0 aliphatic carbocycles. The summed E-state index contributed by atoms with van der Waals surface area (Å²) in [6.45, 7) is 21.3. The van der Waals surface area contributed by atoms with Crippen molar-refractivity contribution in [2.24, 2.45) is 23.2 Å². The summed E-state index contributed by atoms with van der Waals surface area (Å²) in [5.74, 6) is -1.57. The molecule has 252 valence electrons. The molecule has 0 spiro atoms. The third-order valence-electron chi connectivity index (χ3n) is 6.31. The van der Waals surface area contributed by atoms with Crippen molar-refractivity contribution in [1.29, 1.82) is 0 Å². The van der Waals surface area contributed by atoms with Crippen LogP contribution in [0, 0.1) is 23.2 Å². The highest BCUT2D eigenvalue weighted by Gasteiger charge is 2.26. The smallest absolute Gasteiger partial charge is 0.311 e. The van der Waals surface area contributed by atoms with Gasteiger partial charge in [-0.1, -0.05) is 48.5 Å². The fourth-order valence-electron chi connectivity index (χ4n) is 1.87. The zero-order valence-electron chi connectivity index (χ0n) is 28.7. The fourth-order valence-corrected chi connectivity index (χ4v) is 1.87. The average molecular weight is 610 g/mol. The van der Waals surface area contributed by atoms with Gasteiger partial charge in [0.15, 0.2) is 0 Å². The summed E-state index contributed by atoms with van der Waals surface area (Å²) >= 11 is 0. The molecule has 0 heterocycles. The number of esters is 3. The van der Waals surface area contributed by atoms with Crippen LogP contribution in [-0.4, -0.2) is 96.8 Å². The Kier molecular flexibility index (Phi) is 30.7. The SMILES string of the molecule is CCC(C)(C)C(=O)OCCN(C)C.CCC(C)C(=O)O.CCC(C)C(=O)OC(C)CO.CCC(C)C(=O)OCC(C)O. The Hall–Kier alpha value is -2.24. The predicted octanol–water partition coefficient (Wildman–Crippen LogP) is 4.56. The monoisotopic (exact) mass is 609 g/mol. The standard InChI is InChI=1S/C10H21NO2.2C8H16O3.C5H10O2/c1-6-10(2,3)9(12)13-8-7-11(4)5;1-4-6(2)8(10)11-5-7(3)9;1-4-6(2)8(10)11-7(3)5-9;1-3-4(2)5(6)7/h6-8H2,1-5H3;2*6-7,9H,4-5H2,1-3H3;4H,3H2,1-2H3,(H,6,7). The quantitative estimate of drug-likeness (QED) is 0.176. The minimum absolute atomic E-state index is 0.0613. The predicted molar refractivity (Wildman–Crippen MR) is 165 cm³/mol. The number of ether oxygens (including phenoxy) is 3. The van der Waals surface area contributed by atoms with E-state index in [1.165, 1.54) is 0 Å². The lowest BCUT2D eigenvalue weighted by molar-refractivity contribution is -0.155. The first-order valence-electron chi connectivity index (χ1n) is 15.0. The maximum atomic E-state index is 11.4. The van der Waals surface area contributed by atoms with Crippen LogP contribution in [0.1, 0.15) is 102 Å². The molecule has 0 rings (SSSR count). The maximum Gasteiger partial charge on any atom is 0.311 e. The number of carbonyl (C=O) groups is 4. The first-order valence-corrected chi connectivity index (χ1v) is 15.0. The highest BCUT2D eigenvalue weighted by molar-refractivity contribution is 5.75. The lowest BCUT2D eigenvalue weighted by Crippen LogP contribution is -2.28. The molecule has 0 amide bonds. The van der Waals surface area contributed by atoms with E-state index in [0.717, 1.165) is 32.2 Å². The number of hydrogen-bond acceptors (Lipinski definition) is 10. The van der Waals surface area contributed by atoms with Crippen molar-refractivity contribution in [2.75, 3.05) is 40.5 Å². The molecular weight excluding hydrogens is 546 g/mol. The molecule has 5 atom stereocenters. The molecule has 42 heavy (non-hydrogen) atoms. The first-order chi connectivity index (χ1) is 19.3. The van der Waals surface area contributed by atoms with Gasteiger partial charge in [-0.15, -0.1) is 0 Å². The van der Waals surface area contributed by atoms with Gasteiger partial charge in [-0.25, -0.2) is 0 Å². The fraction of sp³-hybridized carbons (Fsp3) is 0.871. The number of aliphatic carboxylic acids is 1. The molecule has 5 unspecified atom stereocenters. The van der Waals surface area contributed by atoms with Gasteiger partial charge in [-0.3, -0.25) is 19.2 Å². The molecule has 0 aromatic rings. The highest BCUT2D eigenvalue weighted by Crippen LogP contribution is 2.21. The molecule has 0 bridgehead atoms. The van der Waals surface area contributed by atoms with Gasteiger partial charge >= 0.3 is 23.9 Å². The second-order valence-electron chi connectivity index (χ2n) is 11.4. The summed E-state index contributed by atoms with van der Waals surface area (Å²) in [6.07, 6.45) is 2.14. The van der Waals surface area contributed by atoms with E-state index in [2.05, 4.69) is 0 Å². The molecule has 0 aliphatic heterocycles. The minimum Gasteiger partial charge on any atom is -0.481 e. The van der Waals surface area contributed by atoms with Crippen molar-refractivity contribution in [1.82, 2.24) is 4.90 Å². The summed E-state index contributed by atoms with van der Waals surface area (Å²) in [7, 11) is 3.91. The van der Waals surface area contributed by atoms with E-state index in [0.29, 0.717) is 6.61 Å². The summed E-state index contributed by atoms with van der Waals surface area (Å²) in [5.41, 5.74) is -0.341. The van der Waals surface area contributed by atoms with Crippen molar-refractivity contribution in [3.8, 4) is 0 Å². The number of likely N-dealkylation sites (N-methyl/N-ethyl adjacent to an activating group) is 1. The molecule has 0 aromatic carbocycles. The van der Waals surface area contributed by atoms with E-state index in [-0.39, 0.29) is 60.4 Å². The van der Waals surface area contributed by atoms with E-state index in [9.17, 15) is 19.2 Å². The molecule has 0 aromatic heterocycles. The zero-order chi connectivity index (χ0) is 34.1. The van der Waals surface area contributed by atoms with Crippen molar-refractivity contribution in [3.63, 3.8) is 0 Å². The van der Waals surface area contributed by atoms with Gasteiger partial charge in [0.25, 0.3) is 0 Å². The van der Waals surface area contributed by atoms with E-state index in [1.54, 1.807) is 20.8 Å². The third-order valence-corrected chi connectivity index (χ3v) is 6.31. The number of carboxylic acids is 1. The van der Waals surface area contributed by atoms with Gasteiger partial charge in [0.1, 0.15) is 19.3 Å². The number of aliphatic hydroxyl groups is 2. The summed E-state index contributed by atoms with van der Waals surface area (Å²) in [5, 5.41) is 25.5. The Labute approximate surface area is 255 Å². The van der Waals surface area contributed by atoms with Crippen LogP contribution in [0.25, 0.3) is 0 Å². The van der Waals surface area contributed by atoms with Gasteiger partial charge in [0, 0.05) is 6.54 Å². The number of hydrogen-bond donors (Lipinski definition) is 3. The van der Waals surface area contributed by atoms with Crippen LogP contribution in [0.2, 0.25) is 0 Å². The number of carboxylic acid groups (broad SMARTS) is 1. The molecule has 0 saturated carbocycles. The minimum atomic E-state index is -0.706. The van der Waals surface area contributed by atoms with Crippen molar-refractivity contribution < 1.29 is 48.7 Å². The third kappa shape index (κ3) is 29.3. The molecule has 0 fully saturated rings. The van der Waals surface area contributed by atoms with E-state index >= 15 is 0 Å². The second kappa shape index (κ2) is 27.6. The molecule has 0 aliphatic rings. The molecule has 0 radical (unpaired) electrons. The summed E-state index contributed by atoms with van der Waals surface area (Å²) in [4.78, 5) is 45.3. The van der Waals surface area contributed by atoms with Crippen LogP contribution in [0.4, 0.5) is 0 Å².